The van der Waals surface area contributed by atoms with Gasteiger partial charge in [0.1, 0.15) is 0 Å². The zero-order valence-electron chi connectivity index (χ0n) is 13.8. The first-order chi connectivity index (χ1) is 9.02. The molecule has 1 N–H and O–H groups in total. The first-order valence-corrected chi connectivity index (χ1v) is 8.07. The van der Waals surface area contributed by atoms with Crippen molar-refractivity contribution >= 4 is 0 Å². The quantitative estimate of drug-likeness (QED) is 0.693. The maximum absolute atomic E-state index is 3.58. The summed E-state index contributed by atoms with van der Waals surface area (Å²) in [4.78, 5) is 4.95. The lowest BCUT2D eigenvalue weighted by atomic mass is 9.97. The van der Waals surface area contributed by atoms with E-state index in [9.17, 15) is 0 Å². The third-order valence-electron chi connectivity index (χ3n) is 4.28. The molecule has 1 atom stereocenters. The highest BCUT2D eigenvalue weighted by atomic mass is 15.2. The number of likely N-dealkylation sites (N-methyl/N-ethyl adjacent to an activating group) is 2. The highest BCUT2D eigenvalue weighted by molar-refractivity contribution is 4.82. The molecule has 0 amide bonds. The van der Waals surface area contributed by atoms with Crippen LogP contribution >= 0.6 is 0 Å². The van der Waals surface area contributed by atoms with Gasteiger partial charge < -0.3 is 15.1 Å². The van der Waals surface area contributed by atoms with Crippen LogP contribution in [0.1, 0.15) is 39.5 Å². The molecule has 0 saturated heterocycles. The number of hydrogen-bond acceptors (Lipinski definition) is 3. The van der Waals surface area contributed by atoms with Gasteiger partial charge in [-0.1, -0.05) is 26.7 Å². The minimum absolute atomic E-state index is 0.684. The standard InChI is InChI=1S/C16H35N3/c1-14(2)12-19(11-10-18(4)5)13-16(17-3)15-8-6-7-9-15/h14-17H,6-13H2,1-5H3. The van der Waals surface area contributed by atoms with Gasteiger partial charge in [0.05, 0.1) is 0 Å². The van der Waals surface area contributed by atoms with Crippen LogP contribution in [0.5, 0.6) is 0 Å². The van der Waals surface area contributed by atoms with Crippen LogP contribution in [0.15, 0.2) is 0 Å². The summed E-state index contributed by atoms with van der Waals surface area (Å²) in [5, 5.41) is 3.58. The molecule has 1 saturated carbocycles. The summed E-state index contributed by atoms with van der Waals surface area (Å²) >= 11 is 0. The third kappa shape index (κ3) is 6.73. The van der Waals surface area contributed by atoms with Gasteiger partial charge in [-0.15, -0.1) is 0 Å². The van der Waals surface area contributed by atoms with Crippen molar-refractivity contribution in [2.75, 3.05) is 47.3 Å². The normalized spacial score (nSPS) is 18.9. The number of rotatable bonds is 9. The van der Waals surface area contributed by atoms with Gasteiger partial charge >= 0.3 is 0 Å². The second-order valence-electron chi connectivity index (χ2n) is 6.90. The molecule has 1 aliphatic carbocycles. The van der Waals surface area contributed by atoms with Crippen molar-refractivity contribution < 1.29 is 0 Å². The molecule has 0 aromatic heterocycles. The van der Waals surface area contributed by atoms with Crippen LogP contribution in [0, 0.1) is 11.8 Å². The fourth-order valence-electron chi connectivity index (χ4n) is 3.23. The molecule has 0 aliphatic heterocycles. The van der Waals surface area contributed by atoms with Crippen molar-refractivity contribution in [3.05, 3.63) is 0 Å². The summed E-state index contributed by atoms with van der Waals surface area (Å²) in [5.74, 6) is 1.65. The Balaban J connectivity index is 2.47. The molecule has 0 heterocycles. The molecule has 114 valence electrons. The molecule has 1 aliphatic rings. The second-order valence-corrected chi connectivity index (χ2v) is 6.90. The Kier molecular flexibility index (Phi) is 7.96. The van der Waals surface area contributed by atoms with Gasteiger partial charge in [0.2, 0.25) is 0 Å². The Hall–Kier alpha value is -0.120. The van der Waals surface area contributed by atoms with E-state index in [1.807, 2.05) is 0 Å². The molecule has 0 spiro atoms. The molecule has 0 radical (unpaired) electrons. The van der Waals surface area contributed by atoms with Crippen LogP contribution in [0.2, 0.25) is 0 Å². The Morgan fingerprint density at radius 1 is 1.05 bits per heavy atom. The van der Waals surface area contributed by atoms with Crippen LogP contribution in [0.3, 0.4) is 0 Å². The first kappa shape index (κ1) is 16.9. The fourth-order valence-corrected chi connectivity index (χ4v) is 3.23. The minimum Gasteiger partial charge on any atom is -0.315 e. The molecular weight excluding hydrogens is 234 g/mol. The van der Waals surface area contributed by atoms with Gasteiger partial charge in [-0.25, -0.2) is 0 Å². The lowest BCUT2D eigenvalue weighted by Gasteiger charge is -2.32. The van der Waals surface area contributed by atoms with E-state index in [4.69, 9.17) is 0 Å². The largest absolute Gasteiger partial charge is 0.315 e. The van der Waals surface area contributed by atoms with E-state index < -0.39 is 0 Å². The van der Waals surface area contributed by atoms with Gasteiger partial charge in [0, 0.05) is 32.2 Å². The van der Waals surface area contributed by atoms with E-state index in [1.165, 1.54) is 45.3 Å². The molecule has 19 heavy (non-hydrogen) atoms. The van der Waals surface area contributed by atoms with Crippen LogP contribution < -0.4 is 5.32 Å². The number of nitrogens with zero attached hydrogens (tertiary/aromatic N) is 2. The van der Waals surface area contributed by atoms with E-state index in [1.54, 1.807) is 0 Å². The number of nitrogens with one attached hydrogen (secondary N) is 1. The van der Waals surface area contributed by atoms with Gasteiger partial charge in [0.25, 0.3) is 0 Å². The lowest BCUT2D eigenvalue weighted by molar-refractivity contribution is 0.180. The summed E-state index contributed by atoms with van der Waals surface area (Å²) in [6.45, 7) is 9.44. The Labute approximate surface area is 120 Å². The van der Waals surface area contributed by atoms with Crippen molar-refractivity contribution in [2.24, 2.45) is 11.8 Å². The highest BCUT2D eigenvalue weighted by Crippen LogP contribution is 2.28. The molecule has 0 aromatic carbocycles. The average molecular weight is 269 g/mol. The smallest absolute Gasteiger partial charge is 0.0220 e. The highest BCUT2D eigenvalue weighted by Gasteiger charge is 2.25. The molecule has 0 bridgehead atoms. The Bertz CT molecular complexity index is 222. The first-order valence-electron chi connectivity index (χ1n) is 8.07. The second kappa shape index (κ2) is 8.93. The number of hydrogen-bond donors (Lipinski definition) is 1. The van der Waals surface area contributed by atoms with Crippen LogP contribution in [0.4, 0.5) is 0 Å². The van der Waals surface area contributed by atoms with Gasteiger partial charge in [-0.05, 0) is 45.8 Å². The summed E-state index contributed by atoms with van der Waals surface area (Å²) in [5.41, 5.74) is 0. The van der Waals surface area contributed by atoms with Crippen LogP contribution in [-0.2, 0) is 0 Å². The zero-order valence-corrected chi connectivity index (χ0v) is 13.8. The SMILES string of the molecule is CNC(CN(CCN(C)C)CC(C)C)C1CCCC1. The maximum Gasteiger partial charge on any atom is 0.0220 e. The molecule has 1 rings (SSSR count). The summed E-state index contributed by atoms with van der Waals surface area (Å²) in [6, 6.07) is 0.684. The maximum atomic E-state index is 3.58. The predicted octanol–water partition coefficient (Wildman–Crippen LogP) is 2.28. The molecular formula is C16H35N3. The van der Waals surface area contributed by atoms with Crippen molar-refractivity contribution in [1.29, 1.82) is 0 Å². The summed E-state index contributed by atoms with van der Waals surface area (Å²) < 4.78 is 0. The van der Waals surface area contributed by atoms with E-state index in [2.05, 4.69) is 50.1 Å². The third-order valence-corrected chi connectivity index (χ3v) is 4.28. The van der Waals surface area contributed by atoms with E-state index in [0.717, 1.165) is 18.4 Å². The molecule has 3 nitrogen and oxygen atoms in total. The molecule has 1 fully saturated rings. The Morgan fingerprint density at radius 2 is 1.68 bits per heavy atom. The average Bonchev–Trinajstić information content (AvgIpc) is 2.85. The van der Waals surface area contributed by atoms with Crippen molar-refractivity contribution in [2.45, 2.75) is 45.6 Å². The van der Waals surface area contributed by atoms with E-state index >= 15 is 0 Å². The topological polar surface area (TPSA) is 18.5 Å². The molecule has 1 unspecified atom stereocenters. The lowest BCUT2D eigenvalue weighted by Crippen LogP contribution is -2.46. The van der Waals surface area contributed by atoms with E-state index in [-0.39, 0.29) is 0 Å². The van der Waals surface area contributed by atoms with Crippen LogP contribution in [0.25, 0.3) is 0 Å². The zero-order chi connectivity index (χ0) is 14.3. The molecule has 0 aromatic rings. The monoisotopic (exact) mass is 269 g/mol. The molecule has 3 heteroatoms. The van der Waals surface area contributed by atoms with Gasteiger partial charge in [-0.3, -0.25) is 0 Å². The van der Waals surface area contributed by atoms with Crippen molar-refractivity contribution in [3.63, 3.8) is 0 Å². The van der Waals surface area contributed by atoms with Crippen LogP contribution in [-0.4, -0.2) is 63.2 Å². The van der Waals surface area contributed by atoms with Gasteiger partial charge in [0.15, 0.2) is 0 Å². The Morgan fingerprint density at radius 3 is 2.16 bits per heavy atom. The summed E-state index contributed by atoms with van der Waals surface area (Å²) in [7, 11) is 6.47. The minimum atomic E-state index is 0.684. The summed E-state index contributed by atoms with van der Waals surface area (Å²) in [6.07, 6.45) is 5.72. The fraction of sp³-hybridized carbons (Fsp3) is 1.00. The van der Waals surface area contributed by atoms with Crippen molar-refractivity contribution in [3.8, 4) is 0 Å². The van der Waals surface area contributed by atoms with Gasteiger partial charge in [-0.2, -0.15) is 0 Å². The van der Waals surface area contributed by atoms with E-state index in [0.29, 0.717) is 6.04 Å². The predicted molar refractivity (Wildman–Crippen MR) is 84.6 cm³/mol. The van der Waals surface area contributed by atoms with Crippen molar-refractivity contribution in [1.82, 2.24) is 15.1 Å².